The number of rotatable bonds is 8. The smallest absolute Gasteiger partial charge is 0.291 e. The molecule has 0 aliphatic carbocycles. The van der Waals surface area contributed by atoms with Gasteiger partial charge in [-0.05, 0) is 26.7 Å². The van der Waals surface area contributed by atoms with E-state index in [1.807, 2.05) is 26.0 Å². The molecule has 1 saturated heterocycles. The number of hydrogen-bond donors (Lipinski definition) is 1. The molecule has 0 amide bonds. The molecule has 1 aliphatic heterocycles. The van der Waals surface area contributed by atoms with Crippen molar-refractivity contribution in [2.45, 2.75) is 38.7 Å². The minimum Gasteiger partial charge on any atom is -0.327 e. The van der Waals surface area contributed by atoms with Gasteiger partial charge in [0.25, 0.3) is 5.97 Å². The molecule has 2 N–H and O–H groups in total. The second-order valence-electron chi connectivity index (χ2n) is 4.48. The van der Waals surface area contributed by atoms with Crippen molar-refractivity contribution >= 4 is 0 Å². The zero-order valence-corrected chi connectivity index (χ0v) is 11.5. The highest BCUT2D eigenvalue weighted by atomic mass is 16.9. The molecule has 4 nitrogen and oxygen atoms in total. The van der Waals surface area contributed by atoms with Crippen LogP contribution in [0.1, 0.15) is 26.7 Å². The van der Waals surface area contributed by atoms with Gasteiger partial charge in [-0.25, -0.2) is 0 Å². The molecule has 0 radical (unpaired) electrons. The normalized spacial score (nSPS) is 24.9. The van der Waals surface area contributed by atoms with Crippen LogP contribution in [0.3, 0.4) is 0 Å². The van der Waals surface area contributed by atoms with Gasteiger partial charge >= 0.3 is 0 Å². The van der Waals surface area contributed by atoms with Crippen LogP contribution in [0, 0.1) is 5.41 Å². The molecular weight excluding hydrogens is 230 g/mol. The van der Waals surface area contributed by atoms with Crippen LogP contribution in [0.2, 0.25) is 0 Å². The second kappa shape index (κ2) is 6.48. The van der Waals surface area contributed by atoms with Crippen LogP contribution < -0.4 is 5.73 Å². The lowest BCUT2D eigenvalue weighted by Gasteiger charge is -2.43. The Hall–Kier alpha value is -0.680. The summed E-state index contributed by atoms with van der Waals surface area (Å²) < 4.78 is 17.4. The van der Waals surface area contributed by atoms with Gasteiger partial charge in [-0.1, -0.05) is 12.2 Å². The molecule has 1 atom stereocenters. The predicted octanol–water partition coefficient (Wildman–Crippen LogP) is 2.21. The van der Waals surface area contributed by atoms with Gasteiger partial charge in [0.1, 0.15) is 0 Å². The number of allylic oxidation sites excluding steroid dienone is 2. The first-order valence-electron chi connectivity index (χ1n) is 6.51. The molecule has 1 aliphatic rings. The van der Waals surface area contributed by atoms with E-state index in [0.29, 0.717) is 32.7 Å². The van der Waals surface area contributed by atoms with Crippen molar-refractivity contribution in [3.05, 3.63) is 25.3 Å². The third kappa shape index (κ3) is 2.38. The molecule has 0 aromatic rings. The van der Waals surface area contributed by atoms with Gasteiger partial charge in [0.15, 0.2) is 0 Å². The molecule has 0 aromatic carbocycles. The zero-order valence-electron chi connectivity index (χ0n) is 11.5. The lowest BCUT2D eigenvalue weighted by Crippen LogP contribution is -2.55. The largest absolute Gasteiger partial charge is 0.327 e. The molecule has 104 valence electrons. The minimum absolute atomic E-state index is 0.161. The van der Waals surface area contributed by atoms with Crippen LogP contribution in [0.4, 0.5) is 0 Å². The standard InChI is InChI=1S/C14H25NO3/c1-5-9-13(10-6-2)12(15)11-18-14(13,16-7-3)17-8-4/h5-6,12H,1-2,7-11,15H2,3-4H3. The second-order valence-corrected chi connectivity index (χ2v) is 4.48. The van der Waals surface area contributed by atoms with Gasteiger partial charge < -0.3 is 19.9 Å². The summed E-state index contributed by atoms with van der Waals surface area (Å²) in [6, 6.07) is -0.161. The van der Waals surface area contributed by atoms with Crippen molar-refractivity contribution in [1.29, 1.82) is 0 Å². The number of nitrogens with two attached hydrogens (primary N) is 1. The van der Waals surface area contributed by atoms with Crippen LogP contribution in [-0.4, -0.2) is 31.8 Å². The van der Waals surface area contributed by atoms with E-state index in [1.54, 1.807) is 0 Å². The molecule has 1 heterocycles. The van der Waals surface area contributed by atoms with Gasteiger partial charge in [-0.15, -0.1) is 13.2 Å². The third-order valence-corrected chi connectivity index (χ3v) is 3.46. The Bertz CT molecular complexity index is 269. The minimum atomic E-state index is -1.09. The van der Waals surface area contributed by atoms with Crippen LogP contribution in [0.5, 0.6) is 0 Å². The fourth-order valence-corrected chi connectivity index (χ4v) is 2.67. The summed E-state index contributed by atoms with van der Waals surface area (Å²) in [6.45, 7) is 12.9. The maximum Gasteiger partial charge on any atom is 0.291 e. The zero-order chi connectivity index (χ0) is 13.6. The summed E-state index contributed by atoms with van der Waals surface area (Å²) in [5.41, 5.74) is 5.79. The Morgan fingerprint density at radius 1 is 1.22 bits per heavy atom. The predicted molar refractivity (Wildman–Crippen MR) is 72.0 cm³/mol. The summed E-state index contributed by atoms with van der Waals surface area (Å²) in [7, 11) is 0. The first-order chi connectivity index (χ1) is 8.62. The van der Waals surface area contributed by atoms with Gasteiger partial charge in [0.05, 0.1) is 12.0 Å². The topological polar surface area (TPSA) is 53.7 Å². The van der Waals surface area contributed by atoms with Gasteiger partial charge in [-0.3, -0.25) is 0 Å². The Morgan fingerprint density at radius 2 is 1.72 bits per heavy atom. The van der Waals surface area contributed by atoms with E-state index in [-0.39, 0.29) is 6.04 Å². The first-order valence-corrected chi connectivity index (χ1v) is 6.51. The lowest BCUT2D eigenvalue weighted by atomic mass is 9.74. The Morgan fingerprint density at radius 3 is 2.11 bits per heavy atom. The van der Waals surface area contributed by atoms with E-state index < -0.39 is 11.4 Å². The van der Waals surface area contributed by atoms with E-state index in [0.717, 1.165) is 0 Å². The maximum absolute atomic E-state index is 6.24. The Balaban J connectivity index is 3.17. The van der Waals surface area contributed by atoms with E-state index >= 15 is 0 Å². The van der Waals surface area contributed by atoms with Crippen LogP contribution in [0.15, 0.2) is 25.3 Å². The highest BCUT2D eigenvalue weighted by Crippen LogP contribution is 2.50. The van der Waals surface area contributed by atoms with Crippen LogP contribution >= 0.6 is 0 Å². The van der Waals surface area contributed by atoms with Crippen molar-refractivity contribution in [2.24, 2.45) is 11.1 Å². The van der Waals surface area contributed by atoms with Gasteiger partial charge in [-0.2, -0.15) is 0 Å². The fourth-order valence-electron chi connectivity index (χ4n) is 2.67. The molecule has 1 rings (SSSR count). The van der Waals surface area contributed by atoms with Crippen molar-refractivity contribution < 1.29 is 14.2 Å². The molecule has 4 heteroatoms. The molecule has 0 aromatic heterocycles. The quantitative estimate of drug-likeness (QED) is 0.533. The van der Waals surface area contributed by atoms with Crippen LogP contribution in [0.25, 0.3) is 0 Å². The Labute approximate surface area is 110 Å². The lowest BCUT2D eigenvalue weighted by molar-refractivity contribution is -0.399. The van der Waals surface area contributed by atoms with Crippen molar-refractivity contribution in [3.63, 3.8) is 0 Å². The fraction of sp³-hybridized carbons (Fsp3) is 0.714. The molecule has 1 fully saturated rings. The van der Waals surface area contributed by atoms with Gasteiger partial charge in [0.2, 0.25) is 0 Å². The summed E-state index contributed by atoms with van der Waals surface area (Å²) in [6.07, 6.45) is 5.01. The molecule has 18 heavy (non-hydrogen) atoms. The highest BCUT2D eigenvalue weighted by molar-refractivity contribution is 5.07. The van der Waals surface area contributed by atoms with Crippen molar-refractivity contribution in [3.8, 4) is 0 Å². The summed E-state index contributed by atoms with van der Waals surface area (Å²) in [4.78, 5) is 0. The maximum atomic E-state index is 6.24. The molecule has 0 saturated carbocycles. The summed E-state index contributed by atoms with van der Waals surface area (Å²) in [5, 5.41) is 0. The van der Waals surface area contributed by atoms with E-state index in [2.05, 4.69) is 13.2 Å². The van der Waals surface area contributed by atoms with E-state index in [4.69, 9.17) is 19.9 Å². The molecular formula is C14H25NO3. The molecule has 0 bridgehead atoms. The third-order valence-electron chi connectivity index (χ3n) is 3.46. The van der Waals surface area contributed by atoms with Crippen LogP contribution in [-0.2, 0) is 14.2 Å². The monoisotopic (exact) mass is 255 g/mol. The highest BCUT2D eigenvalue weighted by Gasteiger charge is 2.62. The number of hydrogen-bond acceptors (Lipinski definition) is 4. The number of ether oxygens (including phenoxy) is 3. The SMILES string of the molecule is C=CCC1(CC=C)C(N)COC1(OCC)OCC. The summed E-state index contributed by atoms with van der Waals surface area (Å²) in [5.74, 6) is -1.09. The van der Waals surface area contributed by atoms with Crippen molar-refractivity contribution in [1.82, 2.24) is 0 Å². The first kappa shape index (κ1) is 15.4. The average Bonchev–Trinajstić information content (AvgIpc) is 2.58. The van der Waals surface area contributed by atoms with E-state index in [1.165, 1.54) is 0 Å². The van der Waals surface area contributed by atoms with Gasteiger partial charge in [0, 0.05) is 19.3 Å². The molecule has 0 spiro atoms. The van der Waals surface area contributed by atoms with E-state index in [9.17, 15) is 0 Å². The molecule has 1 unspecified atom stereocenters. The Kier molecular flexibility index (Phi) is 5.53. The summed E-state index contributed by atoms with van der Waals surface area (Å²) >= 11 is 0. The van der Waals surface area contributed by atoms with Crippen molar-refractivity contribution in [2.75, 3.05) is 19.8 Å². The average molecular weight is 255 g/mol.